The largest absolute Gasteiger partial charge is 0.478 e. The van der Waals surface area contributed by atoms with Gasteiger partial charge in [-0.25, -0.2) is 9.78 Å². The highest BCUT2D eigenvalue weighted by Gasteiger charge is 2.27. The van der Waals surface area contributed by atoms with Crippen LogP contribution in [0, 0.1) is 0 Å². The number of fused-ring (bicyclic) bond motifs is 1. The van der Waals surface area contributed by atoms with Gasteiger partial charge in [-0.15, -0.1) is 0 Å². The van der Waals surface area contributed by atoms with Gasteiger partial charge < -0.3 is 10.4 Å². The van der Waals surface area contributed by atoms with Crippen molar-refractivity contribution >= 4 is 34.5 Å². The lowest BCUT2D eigenvalue weighted by atomic mass is 10.2. The molecule has 0 aliphatic heterocycles. The summed E-state index contributed by atoms with van der Waals surface area (Å²) in [6.07, 6.45) is 2.58. The highest BCUT2D eigenvalue weighted by atomic mass is 32.2. The third-order valence-electron chi connectivity index (χ3n) is 2.66. The number of aromatic nitrogens is 3. The average molecular weight is 320 g/mol. The van der Waals surface area contributed by atoms with Crippen LogP contribution in [0.3, 0.4) is 0 Å². The highest BCUT2D eigenvalue weighted by molar-refractivity contribution is 8.00. The molecule has 0 bridgehead atoms. The molecule has 0 radical (unpaired) electrons. The van der Waals surface area contributed by atoms with E-state index in [1.807, 2.05) is 0 Å². The predicted octanol–water partition coefficient (Wildman–Crippen LogP) is 2.33. The van der Waals surface area contributed by atoms with Gasteiger partial charge in [0.15, 0.2) is 5.65 Å². The molecule has 0 saturated heterocycles. The van der Waals surface area contributed by atoms with Crippen molar-refractivity contribution in [2.45, 2.75) is 5.51 Å². The van der Waals surface area contributed by atoms with E-state index in [1.54, 1.807) is 7.05 Å². The summed E-state index contributed by atoms with van der Waals surface area (Å²) < 4.78 is 37.6. The Balaban J connectivity index is 2.23. The molecule has 0 aliphatic rings. The summed E-state index contributed by atoms with van der Waals surface area (Å²) in [5, 5.41) is 16.3. The van der Waals surface area contributed by atoms with E-state index in [1.165, 1.54) is 10.9 Å². The number of rotatable bonds is 5. The fourth-order valence-electron chi connectivity index (χ4n) is 1.79. The van der Waals surface area contributed by atoms with E-state index in [-0.39, 0.29) is 35.3 Å². The number of halogens is 3. The minimum absolute atomic E-state index is 0.0293. The molecular formula is C11H11F3N4O2S. The minimum Gasteiger partial charge on any atom is -0.478 e. The van der Waals surface area contributed by atoms with Crippen LogP contribution in [0.15, 0.2) is 12.4 Å². The highest BCUT2D eigenvalue weighted by Crippen LogP contribution is 2.30. The Hall–Kier alpha value is -1.97. The zero-order valence-corrected chi connectivity index (χ0v) is 11.6. The van der Waals surface area contributed by atoms with Crippen molar-refractivity contribution in [3.05, 3.63) is 18.0 Å². The first-order chi connectivity index (χ1) is 9.79. The number of pyridine rings is 1. The number of nitrogens with one attached hydrogen (secondary N) is 1. The van der Waals surface area contributed by atoms with Gasteiger partial charge in [0, 0.05) is 25.5 Å². The monoisotopic (exact) mass is 320 g/mol. The van der Waals surface area contributed by atoms with Crippen LogP contribution < -0.4 is 5.32 Å². The molecule has 6 nitrogen and oxygen atoms in total. The number of aromatic carboxylic acids is 1. The SMILES string of the molecule is Cn1ncc2c(NCCSC(F)(F)F)c(C(=O)O)cnc21. The van der Waals surface area contributed by atoms with Crippen molar-refractivity contribution in [2.75, 3.05) is 17.6 Å². The Bertz CT molecular complexity index is 671. The molecule has 0 saturated carbocycles. The quantitative estimate of drug-likeness (QED) is 0.823. The molecule has 0 spiro atoms. The van der Waals surface area contributed by atoms with Crippen LogP contribution in [-0.2, 0) is 7.05 Å². The number of hydrogen-bond donors (Lipinski definition) is 2. The maximum absolute atomic E-state index is 12.1. The Morgan fingerprint density at radius 2 is 2.19 bits per heavy atom. The third-order valence-corrected chi connectivity index (χ3v) is 3.40. The van der Waals surface area contributed by atoms with E-state index < -0.39 is 11.5 Å². The van der Waals surface area contributed by atoms with E-state index in [0.29, 0.717) is 11.0 Å². The molecular weight excluding hydrogens is 309 g/mol. The zero-order valence-electron chi connectivity index (χ0n) is 10.8. The summed E-state index contributed by atoms with van der Waals surface area (Å²) in [5.41, 5.74) is -3.74. The summed E-state index contributed by atoms with van der Waals surface area (Å²) in [5.74, 6) is -1.44. The summed E-state index contributed by atoms with van der Waals surface area (Å²) >= 11 is -0.169. The second kappa shape index (κ2) is 5.80. The Morgan fingerprint density at radius 3 is 2.81 bits per heavy atom. The second-order valence-electron chi connectivity index (χ2n) is 4.08. The molecule has 2 heterocycles. The van der Waals surface area contributed by atoms with Crippen molar-refractivity contribution in [3.63, 3.8) is 0 Å². The van der Waals surface area contributed by atoms with Crippen LogP contribution in [0.1, 0.15) is 10.4 Å². The van der Waals surface area contributed by atoms with E-state index >= 15 is 0 Å². The minimum atomic E-state index is -4.31. The third kappa shape index (κ3) is 3.57. The summed E-state index contributed by atoms with van der Waals surface area (Å²) in [4.78, 5) is 15.2. The number of anilines is 1. The fraction of sp³-hybridized carbons (Fsp3) is 0.364. The van der Waals surface area contributed by atoms with Crippen molar-refractivity contribution in [1.82, 2.24) is 14.8 Å². The lowest BCUT2D eigenvalue weighted by Crippen LogP contribution is -2.13. The molecule has 21 heavy (non-hydrogen) atoms. The van der Waals surface area contributed by atoms with E-state index in [0.717, 1.165) is 6.20 Å². The van der Waals surface area contributed by atoms with Gasteiger partial charge in [0.2, 0.25) is 0 Å². The maximum atomic E-state index is 12.1. The number of alkyl halides is 3. The second-order valence-corrected chi connectivity index (χ2v) is 5.24. The number of carboxylic acid groups (broad SMARTS) is 1. The Morgan fingerprint density at radius 1 is 1.48 bits per heavy atom. The first-order valence-electron chi connectivity index (χ1n) is 5.78. The predicted molar refractivity (Wildman–Crippen MR) is 72.5 cm³/mol. The molecule has 10 heteroatoms. The maximum Gasteiger partial charge on any atom is 0.441 e. The number of hydrogen-bond acceptors (Lipinski definition) is 5. The topological polar surface area (TPSA) is 80.0 Å². The average Bonchev–Trinajstić information content (AvgIpc) is 2.75. The molecule has 2 aromatic heterocycles. The molecule has 0 atom stereocenters. The van der Waals surface area contributed by atoms with E-state index in [2.05, 4.69) is 15.4 Å². The number of thioether (sulfide) groups is 1. The van der Waals surface area contributed by atoms with Crippen molar-refractivity contribution in [3.8, 4) is 0 Å². The van der Waals surface area contributed by atoms with Gasteiger partial charge in [-0.2, -0.15) is 18.3 Å². The van der Waals surface area contributed by atoms with Gasteiger partial charge in [-0.1, -0.05) is 0 Å². The molecule has 0 unspecified atom stereocenters. The molecule has 2 aromatic rings. The van der Waals surface area contributed by atoms with Crippen LogP contribution in [0.5, 0.6) is 0 Å². The lowest BCUT2D eigenvalue weighted by molar-refractivity contribution is -0.0327. The smallest absolute Gasteiger partial charge is 0.441 e. The van der Waals surface area contributed by atoms with Gasteiger partial charge in [0.25, 0.3) is 0 Å². The Kier molecular flexibility index (Phi) is 4.26. The van der Waals surface area contributed by atoms with E-state index in [4.69, 9.17) is 5.11 Å². The van der Waals surface area contributed by atoms with Gasteiger partial charge in [0.05, 0.1) is 17.3 Å². The van der Waals surface area contributed by atoms with Gasteiger partial charge in [-0.3, -0.25) is 4.68 Å². The van der Waals surface area contributed by atoms with Crippen LogP contribution in [0.25, 0.3) is 11.0 Å². The number of nitrogens with zero attached hydrogens (tertiary/aromatic N) is 3. The molecule has 114 valence electrons. The van der Waals surface area contributed by atoms with Crippen LogP contribution in [0.2, 0.25) is 0 Å². The van der Waals surface area contributed by atoms with Gasteiger partial charge in [-0.05, 0) is 11.8 Å². The summed E-state index contributed by atoms with van der Waals surface area (Å²) in [7, 11) is 1.64. The fourth-order valence-corrected chi connectivity index (χ4v) is 2.23. The lowest BCUT2D eigenvalue weighted by Gasteiger charge is -2.11. The number of aryl methyl sites for hydroxylation is 1. The van der Waals surface area contributed by atoms with Crippen LogP contribution in [0.4, 0.5) is 18.9 Å². The summed E-state index contributed by atoms with van der Waals surface area (Å²) in [6.45, 7) is -0.0293. The molecule has 0 aromatic carbocycles. The normalized spacial score (nSPS) is 11.8. The van der Waals surface area contributed by atoms with Crippen LogP contribution in [-0.4, -0.2) is 43.6 Å². The molecule has 0 amide bonds. The molecule has 2 N–H and O–H groups in total. The van der Waals surface area contributed by atoms with Crippen molar-refractivity contribution in [2.24, 2.45) is 7.05 Å². The first-order valence-corrected chi connectivity index (χ1v) is 6.76. The molecule has 0 fully saturated rings. The zero-order chi connectivity index (χ0) is 15.6. The molecule has 0 aliphatic carbocycles. The van der Waals surface area contributed by atoms with Gasteiger partial charge >= 0.3 is 11.5 Å². The standard InChI is InChI=1S/C11H11F3N4O2S/c1-18-9-6(5-17-18)8(7(4-16-9)10(19)20)15-2-3-21-11(12,13)14/h4-5H,2-3H2,1H3,(H,15,16)(H,19,20). The number of carbonyl (C=O) groups is 1. The number of carboxylic acids is 1. The first kappa shape index (κ1) is 15.4. The Labute approximate surface area is 121 Å². The van der Waals surface area contributed by atoms with Crippen molar-refractivity contribution in [1.29, 1.82) is 0 Å². The van der Waals surface area contributed by atoms with E-state index in [9.17, 15) is 18.0 Å². The molecule has 2 rings (SSSR count). The summed E-state index contributed by atoms with van der Waals surface area (Å²) in [6, 6.07) is 0. The van der Waals surface area contributed by atoms with Crippen LogP contribution >= 0.6 is 11.8 Å². The van der Waals surface area contributed by atoms with Crippen molar-refractivity contribution < 1.29 is 23.1 Å². The van der Waals surface area contributed by atoms with Gasteiger partial charge in [0.1, 0.15) is 5.56 Å².